The second-order valence-electron chi connectivity index (χ2n) is 6.80. The normalized spacial score (nSPS) is 10.6. The van der Waals surface area contributed by atoms with Gasteiger partial charge in [-0.05, 0) is 62.3 Å². The molecule has 6 heteroatoms. The smallest absolute Gasteiger partial charge is 0.257 e. The van der Waals surface area contributed by atoms with Crippen LogP contribution < -0.4 is 20.1 Å². The number of benzene rings is 2. The quantitative estimate of drug-likeness (QED) is 0.679. The van der Waals surface area contributed by atoms with E-state index >= 15 is 0 Å². The van der Waals surface area contributed by atoms with Crippen molar-refractivity contribution in [1.29, 1.82) is 0 Å². The number of thiocarbonyl (C=S) groups is 1. The van der Waals surface area contributed by atoms with Crippen LogP contribution in [-0.4, -0.2) is 23.7 Å². The number of para-hydroxylation sites is 2. The molecule has 0 saturated carbocycles. The average molecular weight is 387 g/mol. The van der Waals surface area contributed by atoms with Gasteiger partial charge in [-0.25, -0.2) is 0 Å². The van der Waals surface area contributed by atoms with Crippen LogP contribution in [0.25, 0.3) is 0 Å². The Labute approximate surface area is 166 Å². The SMILES string of the molecule is CC(C)COc1cccc(C(=O)NC(=S)Nc2ccccc2OC(C)C)c1. The molecule has 0 atom stereocenters. The molecule has 2 aromatic rings. The number of amides is 1. The minimum atomic E-state index is -0.301. The molecule has 0 aliphatic carbocycles. The van der Waals surface area contributed by atoms with Gasteiger partial charge in [-0.3, -0.25) is 10.1 Å². The van der Waals surface area contributed by atoms with Gasteiger partial charge in [0.15, 0.2) is 5.11 Å². The highest BCUT2D eigenvalue weighted by Gasteiger charge is 2.11. The van der Waals surface area contributed by atoms with Crippen molar-refractivity contribution < 1.29 is 14.3 Å². The van der Waals surface area contributed by atoms with Gasteiger partial charge in [-0.15, -0.1) is 0 Å². The largest absolute Gasteiger partial charge is 0.493 e. The monoisotopic (exact) mass is 386 g/mol. The Morgan fingerprint density at radius 1 is 1.07 bits per heavy atom. The first-order valence-corrected chi connectivity index (χ1v) is 9.37. The molecule has 0 heterocycles. The average Bonchev–Trinajstić information content (AvgIpc) is 2.61. The van der Waals surface area contributed by atoms with Crippen molar-refractivity contribution in [3.63, 3.8) is 0 Å². The molecule has 2 aromatic carbocycles. The van der Waals surface area contributed by atoms with Gasteiger partial charge < -0.3 is 14.8 Å². The topological polar surface area (TPSA) is 59.6 Å². The molecular formula is C21H26N2O3S. The van der Waals surface area contributed by atoms with E-state index in [1.54, 1.807) is 18.2 Å². The zero-order valence-corrected chi connectivity index (χ0v) is 16.9. The van der Waals surface area contributed by atoms with Crippen molar-refractivity contribution in [3.8, 4) is 11.5 Å². The zero-order chi connectivity index (χ0) is 19.8. The number of carbonyl (C=O) groups excluding carboxylic acids is 1. The Kier molecular flexibility index (Phi) is 7.61. The van der Waals surface area contributed by atoms with Gasteiger partial charge in [0, 0.05) is 5.56 Å². The standard InChI is InChI=1S/C21H26N2O3S/c1-14(2)13-25-17-9-7-8-16(12-17)20(24)23-21(27)22-18-10-5-6-11-19(18)26-15(3)4/h5-12,14-15H,13H2,1-4H3,(H2,22,23,24,27). The van der Waals surface area contributed by atoms with E-state index in [1.807, 2.05) is 44.2 Å². The summed E-state index contributed by atoms with van der Waals surface area (Å²) < 4.78 is 11.4. The highest BCUT2D eigenvalue weighted by atomic mass is 32.1. The van der Waals surface area contributed by atoms with Crippen LogP contribution in [0.4, 0.5) is 5.69 Å². The second kappa shape index (κ2) is 9.92. The van der Waals surface area contributed by atoms with Crippen molar-refractivity contribution in [2.24, 2.45) is 5.92 Å². The van der Waals surface area contributed by atoms with E-state index < -0.39 is 0 Å². The zero-order valence-electron chi connectivity index (χ0n) is 16.1. The van der Waals surface area contributed by atoms with Crippen LogP contribution in [0.1, 0.15) is 38.1 Å². The molecule has 0 unspecified atom stereocenters. The van der Waals surface area contributed by atoms with Crippen molar-refractivity contribution in [2.75, 3.05) is 11.9 Å². The van der Waals surface area contributed by atoms with Crippen LogP contribution in [-0.2, 0) is 0 Å². The molecule has 27 heavy (non-hydrogen) atoms. The second-order valence-corrected chi connectivity index (χ2v) is 7.21. The number of anilines is 1. The highest BCUT2D eigenvalue weighted by molar-refractivity contribution is 7.80. The molecule has 0 aromatic heterocycles. The molecule has 2 N–H and O–H groups in total. The number of rotatable bonds is 7. The molecule has 144 valence electrons. The molecule has 0 fully saturated rings. The summed E-state index contributed by atoms with van der Waals surface area (Å²) in [4.78, 5) is 12.5. The number of nitrogens with one attached hydrogen (secondary N) is 2. The molecule has 0 saturated heterocycles. The summed E-state index contributed by atoms with van der Waals surface area (Å²) in [5.41, 5.74) is 1.18. The van der Waals surface area contributed by atoms with E-state index in [0.29, 0.717) is 35.3 Å². The lowest BCUT2D eigenvalue weighted by Crippen LogP contribution is -2.34. The Bertz CT molecular complexity index is 791. The van der Waals surface area contributed by atoms with Crippen LogP contribution in [0, 0.1) is 5.92 Å². The Balaban J connectivity index is 2.00. The predicted molar refractivity (Wildman–Crippen MR) is 113 cm³/mol. The van der Waals surface area contributed by atoms with Crippen LogP contribution in [0.5, 0.6) is 11.5 Å². The van der Waals surface area contributed by atoms with Crippen LogP contribution in [0.15, 0.2) is 48.5 Å². The number of carbonyl (C=O) groups is 1. The third kappa shape index (κ3) is 6.90. The van der Waals surface area contributed by atoms with Gasteiger partial charge in [0.25, 0.3) is 5.91 Å². The van der Waals surface area contributed by atoms with Crippen LogP contribution >= 0.6 is 12.2 Å². The highest BCUT2D eigenvalue weighted by Crippen LogP contribution is 2.24. The molecule has 0 radical (unpaired) electrons. The molecule has 0 aliphatic heterocycles. The minimum absolute atomic E-state index is 0.0321. The summed E-state index contributed by atoms with van der Waals surface area (Å²) in [6.45, 7) is 8.64. The molecular weight excluding hydrogens is 360 g/mol. The summed E-state index contributed by atoms with van der Waals surface area (Å²) in [5, 5.41) is 5.90. The number of ether oxygens (including phenoxy) is 2. The van der Waals surface area contributed by atoms with Crippen molar-refractivity contribution in [3.05, 3.63) is 54.1 Å². The van der Waals surface area contributed by atoms with E-state index in [1.165, 1.54) is 0 Å². The van der Waals surface area contributed by atoms with E-state index in [0.717, 1.165) is 0 Å². The van der Waals surface area contributed by atoms with Gasteiger partial charge in [-0.2, -0.15) is 0 Å². The predicted octanol–water partition coefficient (Wildman–Crippen LogP) is 4.64. The summed E-state index contributed by atoms with van der Waals surface area (Å²) >= 11 is 5.27. The Morgan fingerprint density at radius 3 is 2.52 bits per heavy atom. The number of hydrogen-bond donors (Lipinski definition) is 2. The fourth-order valence-electron chi connectivity index (χ4n) is 2.25. The summed E-state index contributed by atoms with van der Waals surface area (Å²) in [6, 6.07) is 14.5. The molecule has 0 bridgehead atoms. The van der Waals surface area contributed by atoms with Crippen molar-refractivity contribution in [2.45, 2.75) is 33.8 Å². The van der Waals surface area contributed by atoms with Gasteiger partial charge in [0.05, 0.1) is 18.4 Å². The summed E-state index contributed by atoms with van der Waals surface area (Å²) in [6.07, 6.45) is 0.0321. The minimum Gasteiger partial charge on any atom is -0.493 e. The van der Waals surface area contributed by atoms with E-state index in [2.05, 4.69) is 24.5 Å². The fourth-order valence-corrected chi connectivity index (χ4v) is 2.45. The lowest BCUT2D eigenvalue weighted by molar-refractivity contribution is 0.0977. The molecule has 0 aliphatic rings. The van der Waals surface area contributed by atoms with Gasteiger partial charge in [0.1, 0.15) is 11.5 Å². The first-order valence-electron chi connectivity index (χ1n) is 8.96. The van der Waals surface area contributed by atoms with Gasteiger partial charge in [0.2, 0.25) is 0 Å². The third-order valence-electron chi connectivity index (χ3n) is 3.40. The van der Waals surface area contributed by atoms with Gasteiger partial charge in [-0.1, -0.05) is 32.0 Å². The summed E-state index contributed by atoms with van der Waals surface area (Å²) in [7, 11) is 0. The first-order chi connectivity index (χ1) is 12.8. The maximum atomic E-state index is 12.5. The van der Waals surface area contributed by atoms with Crippen LogP contribution in [0.3, 0.4) is 0 Å². The van der Waals surface area contributed by atoms with Crippen LogP contribution in [0.2, 0.25) is 0 Å². The molecule has 2 rings (SSSR count). The fraction of sp³-hybridized carbons (Fsp3) is 0.333. The van der Waals surface area contributed by atoms with E-state index in [-0.39, 0.29) is 17.1 Å². The van der Waals surface area contributed by atoms with Crippen molar-refractivity contribution in [1.82, 2.24) is 5.32 Å². The maximum absolute atomic E-state index is 12.5. The van der Waals surface area contributed by atoms with E-state index in [4.69, 9.17) is 21.7 Å². The molecule has 0 spiro atoms. The van der Waals surface area contributed by atoms with Gasteiger partial charge >= 0.3 is 0 Å². The lowest BCUT2D eigenvalue weighted by Gasteiger charge is -2.16. The molecule has 1 amide bonds. The van der Waals surface area contributed by atoms with Crippen molar-refractivity contribution >= 4 is 28.9 Å². The Morgan fingerprint density at radius 2 is 1.81 bits per heavy atom. The summed E-state index contributed by atoms with van der Waals surface area (Å²) in [5.74, 6) is 1.44. The molecule has 5 nitrogen and oxygen atoms in total. The lowest BCUT2D eigenvalue weighted by atomic mass is 10.2. The Hall–Kier alpha value is -2.60. The maximum Gasteiger partial charge on any atom is 0.257 e. The number of hydrogen-bond acceptors (Lipinski definition) is 4. The third-order valence-corrected chi connectivity index (χ3v) is 3.61. The van der Waals surface area contributed by atoms with E-state index in [9.17, 15) is 4.79 Å². The first kappa shape index (κ1) is 20.7.